The highest BCUT2D eigenvalue weighted by molar-refractivity contribution is 5.58. The first-order valence-corrected chi connectivity index (χ1v) is 7.27. The van der Waals surface area contributed by atoms with Crippen molar-refractivity contribution >= 4 is 11.4 Å². The number of benzene rings is 1. The first-order chi connectivity index (χ1) is 9.63. The fourth-order valence-electron chi connectivity index (χ4n) is 3.06. The summed E-state index contributed by atoms with van der Waals surface area (Å²) in [6, 6.07) is 6.96. The number of anilines is 2. The van der Waals surface area contributed by atoms with Crippen LogP contribution in [-0.4, -0.2) is 17.2 Å². The molecule has 2 heterocycles. The van der Waals surface area contributed by atoms with Crippen molar-refractivity contribution in [1.82, 2.24) is 4.57 Å². The summed E-state index contributed by atoms with van der Waals surface area (Å²) in [5.74, 6) is 0. The van der Waals surface area contributed by atoms with Gasteiger partial charge in [0.2, 0.25) is 6.33 Å². The lowest BCUT2D eigenvalue weighted by molar-refractivity contribution is -0.671. The molecule has 5 heteroatoms. The number of rotatable bonds is 3. The van der Waals surface area contributed by atoms with Crippen LogP contribution in [0, 0.1) is 6.92 Å². The number of aryl methyl sites for hydroxylation is 2. The van der Waals surface area contributed by atoms with Crippen LogP contribution in [0.5, 0.6) is 0 Å². The zero-order valence-corrected chi connectivity index (χ0v) is 13.4. The van der Waals surface area contributed by atoms with E-state index in [2.05, 4.69) is 58.9 Å². The maximum absolute atomic E-state index is 5.92. The quantitative estimate of drug-likeness (QED) is 0.576. The number of aromatic nitrogens is 2. The molecule has 1 saturated heterocycles. The molecule has 0 radical (unpaired) electrons. The van der Waals surface area contributed by atoms with Crippen molar-refractivity contribution in [2.45, 2.75) is 32.4 Å². The van der Waals surface area contributed by atoms with Crippen LogP contribution in [-0.2, 0) is 13.6 Å². The fraction of sp³-hybridized carbons (Fsp3) is 0.438. The SMILES string of the molecule is Cc1cc(N2CCCC2Cn2cc[n+](C)c2)ccc1N.[Cl-]. The summed E-state index contributed by atoms with van der Waals surface area (Å²) in [6.45, 7) is 4.27. The minimum absolute atomic E-state index is 0. The number of halogens is 1. The minimum atomic E-state index is 0. The van der Waals surface area contributed by atoms with Crippen LogP contribution in [0.15, 0.2) is 36.9 Å². The molecule has 1 aliphatic heterocycles. The molecule has 1 aromatic carbocycles. The van der Waals surface area contributed by atoms with Crippen molar-refractivity contribution in [3.8, 4) is 0 Å². The molecular formula is C16H23ClN4. The third kappa shape index (κ3) is 3.32. The molecule has 0 spiro atoms. The van der Waals surface area contributed by atoms with Gasteiger partial charge in [0.15, 0.2) is 0 Å². The molecule has 1 fully saturated rings. The molecule has 0 bridgehead atoms. The molecule has 2 N–H and O–H groups in total. The summed E-state index contributed by atoms with van der Waals surface area (Å²) < 4.78 is 4.36. The van der Waals surface area contributed by atoms with Crippen LogP contribution in [0.2, 0.25) is 0 Å². The number of nitrogens with two attached hydrogens (primary N) is 1. The molecule has 2 aromatic rings. The standard InChI is InChI=1S/C16H23N4.ClH/c1-13-10-14(5-6-16(13)17)20-7-3-4-15(20)11-19-9-8-18(2)12-19;/h5-6,8-10,12,15H,3-4,7,11,17H2,1-2H3;1H/q+1;/p-1. The number of nitrogens with zero attached hydrogens (tertiary/aromatic N) is 3. The number of nitrogen functional groups attached to an aromatic ring is 1. The van der Waals surface area contributed by atoms with Gasteiger partial charge in [-0.2, -0.15) is 0 Å². The van der Waals surface area contributed by atoms with Gasteiger partial charge in [-0.3, -0.25) is 0 Å². The van der Waals surface area contributed by atoms with Gasteiger partial charge >= 0.3 is 0 Å². The Hall–Kier alpha value is -1.68. The van der Waals surface area contributed by atoms with E-state index in [1.54, 1.807) is 0 Å². The fourth-order valence-corrected chi connectivity index (χ4v) is 3.06. The molecule has 114 valence electrons. The monoisotopic (exact) mass is 306 g/mol. The summed E-state index contributed by atoms with van der Waals surface area (Å²) >= 11 is 0. The van der Waals surface area contributed by atoms with E-state index in [-0.39, 0.29) is 12.4 Å². The summed E-state index contributed by atoms with van der Waals surface area (Å²) in [6.07, 6.45) is 8.90. The zero-order chi connectivity index (χ0) is 14.1. The third-order valence-corrected chi connectivity index (χ3v) is 4.21. The van der Waals surface area contributed by atoms with Gasteiger partial charge in [0.25, 0.3) is 0 Å². The van der Waals surface area contributed by atoms with Crippen LogP contribution >= 0.6 is 0 Å². The molecular weight excluding hydrogens is 284 g/mol. The summed E-state index contributed by atoms with van der Waals surface area (Å²) in [5, 5.41) is 0. The third-order valence-electron chi connectivity index (χ3n) is 4.21. The second-order valence-electron chi connectivity index (χ2n) is 5.81. The van der Waals surface area contributed by atoms with Crippen LogP contribution in [0.1, 0.15) is 18.4 Å². The molecule has 0 aliphatic carbocycles. The van der Waals surface area contributed by atoms with Crippen molar-refractivity contribution in [2.75, 3.05) is 17.2 Å². The highest BCUT2D eigenvalue weighted by atomic mass is 35.5. The van der Waals surface area contributed by atoms with E-state index in [9.17, 15) is 0 Å². The molecule has 1 atom stereocenters. The molecule has 0 saturated carbocycles. The summed E-state index contributed by atoms with van der Waals surface area (Å²) in [7, 11) is 2.06. The van der Waals surface area contributed by atoms with Crippen LogP contribution in [0.25, 0.3) is 0 Å². The Labute approximate surface area is 132 Å². The first kappa shape index (κ1) is 15.7. The minimum Gasteiger partial charge on any atom is -1.00 e. The summed E-state index contributed by atoms with van der Waals surface area (Å²) in [5.41, 5.74) is 9.27. The lowest BCUT2D eigenvalue weighted by Gasteiger charge is -2.26. The molecule has 0 amide bonds. The number of hydrogen-bond acceptors (Lipinski definition) is 2. The molecule has 21 heavy (non-hydrogen) atoms. The van der Waals surface area contributed by atoms with Gasteiger partial charge in [-0.05, 0) is 43.5 Å². The number of hydrogen-bond donors (Lipinski definition) is 1. The second-order valence-corrected chi connectivity index (χ2v) is 5.81. The van der Waals surface area contributed by atoms with E-state index in [1.165, 1.54) is 24.1 Å². The van der Waals surface area contributed by atoms with Gasteiger partial charge in [0, 0.05) is 17.9 Å². The van der Waals surface area contributed by atoms with Crippen molar-refractivity contribution < 1.29 is 17.0 Å². The Morgan fingerprint density at radius 1 is 1.38 bits per heavy atom. The second kappa shape index (κ2) is 6.39. The molecule has 3 rings (SSSR count). The maximum atomic E-state index is 5.92. The largest absolute Gasteiger partial charge is 1.00 e. The van der Waals surface area contributed by atoms with Crippen LogP contribution in [0.3, 0.4) is 0 Å². The van der Waals surface area contributed by atoms with Gasteiger partial charge in [0.1, 0.15) is 18.9 Å². The predicted octanol–water partition coefficient (Wildman–Crippen LogP) is -1.12. The van der Waals surface area contributed by atoms with Crippen molar-refractivity contribution in [1.29, 1.82) is 0 Å². The van der Waals surface area contributed by atoms with Gasteiger partial charge in [-0.1, -0.05) is 0 Å². The van der Waals surface area contributed by atoms with E-state index < -0.39 is 0 Å². The average Bonchev–Trinajstić information content (AvgIpc) is 3.03. The lowest BCUT2D eigenvalue weighted by Crippen LogP contribution is -3.00. The van der Waals surface area contributed by atoms with Gasteiger partial charge < -0.3 is 23.0 Å². The van der Waals surface area contributed by atoms with E-state index in [0.717, 1.165) is 18.8 Å². The topological polar surface area (TPSA) is 38.1 Å². The highest BCUT2D eigenvalue weighted by Gasteiger charge is 2.27. The van der Waals surface area contributed by atoms with E-state index in [1.807, 2.05) is 6.07 Å². The lowest BCUT2D eigenvalue weighted by atomic mass is 10.1. The maximum Gasteiger partial charge on any atom is 0.243 e. The normalized spacial score (nSPS) is 17.8. The van der Waals surface area contributed by atoms with Crippen LogP contribution in [0.4, 0.5) is 11.4 Å². The predicted molar refractivity (Wildman–Crippen MR) is 81.6 cm³/mol. The Morgan fingerprint density at radius 3 is 2.86 bits per heavy atom. The Kier molecular flexibility index (Phi) is 4.78. The van der Waals surface area contributed by atoms with Gasteiger partial charge in [-0.25, -0.2) is 9.13 Å². The smallest absolute Gasteiger partial charge is 0.243 e. The molecule has 1 unspecified atom stereocenters. The first-order valence-electron chi connectivity index (χ1n) is 7.27. The van der Waals surface area contributed by atoms with Gasteiger partial charge in [0.05, 0.1) is 13.1 Å². The highest BCUT2D eigenvalue weighted by Crippen LogP contribution is 2.28. The van der Waals surface area contributed by atoms with Gasteiger partial charge in [-0.15, -0.1) is 0 Å². The zero-order valence-electron chi connectivity index (χ0n) is 12.7. The number of imidazole rings is 1. The van der Waals surface area contributed by atoms with E-state index in [4.69, 9.17) is 5.73 Å². The van der Waals surface area contributed by atoms with E-state index >= 15 is 0 Å². The average molecular weight is 307 g/mol. The van der Waals surface area contributed by atoms with Crippen molar-refractivity contribution in [2.24, 2.45) is 7.05 Å². The Morgan fingerprint density at radius 2 is 2.19 bits per heavy atom. The molecule has 4 nitrogen and oxygen atoms in total. The summed E-state index contributed by atoms with van der Waals surface area (Å²) in [4.78, 5) is 2.52. The molecule has 1 aromatic heterocycles. The van der Waals surface area contributed by atoms with Crippen molar-refractivity contribution in [3.63, 3.8) is 0 Å². The van der Waals surface area contributed by atoms with Crippen LogP contribution < -0.4 is 27.6 Å². The molecule has 1 aliphatic rings. The van der Waals surface area contributed by atoms with Crippen molar-refractivity contribution in [3.05, 3.63) is 42.5 Å². The Bertz CT molecular complexity index is 608. The Balaban J connectivity index is 0.00000161. The van der Waals surface area contributed by atoms with E-state index in [0.29, 0.717) is 6.04 Å².